The maximum absolute atomic E-state index is 10.3. The van der Waals surface area contributed by atoms with E-state index in [1.54, 1.807) is 6.07 Å². The number of ether oxygens (including phenoxy) is 1. The predicted molar refractivity (Wildman–Crippen MR) is 172 cm³/mol. The fourth-order valence-corrected chi connectivity index (χ4v) is 5.81. The molecule has 2 aromatic carbocycles. The van der Waals surface area contributed by atoms with Crippen molar-refractivity contribution in [1.29, 1.82) is 0 Å². The Labute approximate surface area is 253 Å². The van der Waals surface area contributed by atoms with E-state index in [1.807, 2.05) is 6.92 Å². The lowest BCUT2D eigenvalue weighted by atomic mass is 10.0. The van der Waals surface area contributed by atoms with Crippen molar-refractivity contribution in [3.05, 3.63) is 60.2 Å². The summed E-state index contributed by atoms with van der Waals surface area (Å²) in [5, 5.41) is 0. The van der Waals surface area contributed by atoms with Crippen LogP contribution in [0.3, 0.4) is 0 Å². The summed E-state index contributed by atoms with van der Waals surface area (Å²) in [5.41, 5.74) is 1.44. The zero-order chi connectivity index (χ0) is 30.2. The van der Waals surface area contributed by atoms with E-state index in [0.717, 1.165) is 18.9 Å². The average Bonchev–Trinajstić information content (AvgIpc) is 2.98. The minimum Gasteiger partial charge on any atom is -0.744 e. The maximum atomic E-state index is 10.3. The van der Waals surface area contributed by atoms with Gasteiger partial charge in [-0.2, -0.15) is 0 Å². The first kappa shape index (κ1) is 37.1. The van der Waals surface area contributed by atoms with Gasteiger partial charge in [-0.3, -0.25) is 0 Å². The highest BCUT2D eigenvalue weighted by Gasteiger charge is 2.23. The summed E-state index contributed by atoms with van der Waals surface area (Å²) in [6.45, 7) is 14.7. The summed E-state index contributed by atoms with van der Waals surface area (Å²) in [6, 6.07) is 16.0. The molecule has 0 heterocycles. The van der Waals surface area contributed by atoms with E-state index >= 15 is 0 Å². The van der Waals surface area contributed by atoms with Crippen molar-refractivity contribution in [2.24, 2.45) is 0 Å². The lowest BCUT2D eigenvalue weighted by Gasteiger charge is -2.37. The van der Waals surface area contributed by atoms with Crippen molar-refractivity contribution in [3.63, 3.8) is 0 Å². The SMILES string of the molecule is CCCCCCCCCCCCCCCC[N+](CC)(CC)Cc1ccc(OCC)cc1.O=S(=O)([O-])c1ccccc1. The van der Waals surface area contributed by atoms with Crippen LogP contribution in [0.15, 0.2) is 59.5 Å². The Morgan fingerprint density at radius 3 is 1.49 bits per heavy atom. The molecule has 234 valence electrons. The van der Waals surface area contributed by atoms with E-state index in [1.165, 1.54) is 144 Å². The second-order valence-corrected chi connectivity index (χ2v) is 12.7. The topological polar surface area (TPSA) is 66.4 Å². The predicted octanol–water partition coefficient (Wildman–Crippen LogP) is 9.51. The molecule has 0 atom stereocenters. The van der Waals surface area contributed by atoms with Crippen molar-refractivity contribution >= 4 is 10.1 Å². The van der Waals surface area contributed by atoms with E-state index < -0.39 is 10.1 Å². The summed E-state index contributed by atoms with van der Waals surface area (Å²) >= 11 is 0. The van der Waals surface area contributed by atoms with E-state index in [0.29, 0.717) is 0 Å². The van der Waals surface area contributed by atoms with Crippen LogP contribution in [0.2, 0.25) is 0 Å². The third-order valence-electron chi connectivity index (χ3n) is 8.11. The van der Waals surface area contributed by atoms with Crippen LogP contribution in [0.1, 0.15) is 123 Å². The maximum Gasteiger partial charge on any atom is 0.124 e. The molecule has 0 saturated carbocycles. The lowest BCUT2D eigenvalue weighted by molar-refractivity contribution is -0.938. The van der Waals surface area contributed by atoms with Crippen LogP contribution in [0, 0.1) is 0 Å². The van der Waals surface area contributed by atoms with Gasteiger partial charge in [0.1, 0.15) is 22.4 Å². The Bertz CT molecular complexity index is 973. The summed E-state index contributed by atoms with van der Waals surface area (Å²) in [7, 11) is -4.25. The smallest absolute Gasteiger partial charge is 0.124 e. The van der Waals surface area contributed by atoms with Gasteiger partial charge in [-0.05, 0) is 70.0 Å². The molecule has 0 aliphatic rings. The minimum absolute atomic E-state index is 0.185. The minimum atomic E-state index is -4.25. The van der Waals surface area contributed by atoms with Gasteiger partial charge in [-0.25, -0.2) is 8.42 Å². The molecular weight excluding hydrogens is 530 g/mol. The fourth-order valence-electron chi connectivity index (χ4n) is 5.32. The fraction of sp³-hybridized carbons (Fsp3) is 0.657. The van der Waals surface area contributed by atoms with Gasteiger partial charge in [0.15, 0.2) is 0 Å². The Morgan fingerprint density at radius 1 is 0.634 bits per heavy atom. The molecule has 0 amide bonds. The molecule has 6 heteroatoms. The van der Waals surface area contributed by atoms with E-state index in [4.69, 9.17) is 4.74 Å². The van der Waals surface area contributed by atoms with Crippen LogP contribution < -0.4 is 4.74 Å². The van der Waals surface area contributed by atoms with Crippen molar-refractivity contribution < 1.29 is 22.2 Å². The van der Waals surface area contributed by atoms with Crippen LogP contribution in [0.4, 0.5) is 0 Å². The van der Waals surface area contributed by atoms with Crippen molar-refractivity contribution in [2.45, 2.75) is 129 Å². The van der Waals surface area contributed by atoms with Crippen LogP contribution in [0.5, 0.6) is 5.75 Å². The van der Waals surface area contributed by atoms with Crippen molar-refractivity contribution in [2.75, 3.05) is 26.2 Å². The standard InChI is InChI=1S/C29H54NO.C6H6O3S/c1-5-9-10-11-12-13-14-15-16-17-18-19-20-21-26-30(6-2,7-3)27-28-22-24-29(25-23-28)31-8-4;7-10(8,9)6-4-2-1-3-5-6/h22-25H,5-21,26-27H2,1-4H3;1-5H,(H,7,8,9)/q+1;/p-1. The van der Waals surface area contributed by atoms with E-state index in [2.05, 4.69) is 45.0 Å². The third-order valence-corrected chi connectivity index (χ3v) is 8.96. The summed E-state index contributed by atoms with van der Waals surface area (Å²) < 4.78 is 37.6. The highest BCUT2D eigenvalue weighted by Crippen LogP contribution is 2.20. The molecule has 5 nitrogen and oxygen atoms in total. The Hall–Kier alpha value is -1.89. The molecule has 0 aromatic heterocycles. The Morgan fingerprint density at radius 2 is 1.10 bits per heavy atom. The third kappa shape index (κ3) is 17.6. The van der Waals surface area contributed by atoms with Gasteiger partial charge in [-0.15, -0.1) is 0 Å². The molecule has 0 fully saturated rings. The first-order chi connectivity index (χ1) is 19.8. The quantitative estimate of drug-likeness (QED) is 0.0779. The van der Waals surface area contributed by atoms with E-state index in [9.17, 15) is 13.0 Å². The molecule has 0 saturated heterocycles. The molecule has 0 aliphatic heterocycles. The molecular formula is C35H59NO4S. The molecule has 0 bridgehead atoms. The van der Waals surface area contributed by atoms with Crippen LogP contribution >= 0.6 is 0 Å². The van der Waals surface area contributed by atoms with Crippen LogP contribution in [-0.2, 0) is 16.7 Å². The van der Waals surface area contributed by atoms with Crippen molar-refractivity contribution in [3.8, 4) is 5.75 Å². The number of rotatable bonds is 22. The first-order valence-electron chi connectivity index (χ1n) is 16.4. The zero-order valence-corrected chi connectivity index (χ0v) is 27.4. The zero-order valence-electron chi connectivity index (χ0n) is 26.6. The first-order valence-corrected chi connectivity index (χ1v) is 17.8. The molecule has 0 N–H and O–H groups in total. The van der Waals surface area contributed by atoms with E-state index in [-0.39, 0.29) is 4.90 Å². The summed E-state index contributed by atoms with van der Waals surface area (Å²) in [5.74, 6) is 0.990. The Kier molecular flexibility index (Phi) is 20.5. The van der Waals surface area contributed by atoms with Gasteiger partial charge < -0.3 is 13.8 Å². The summed E-state index contributed by atoms with van der Waals surface area (Å²) in [6.07, 6.45) is 20.1. The molecule has 2 rings (SSSR count). The number of quaternary nitrogens is 1. The number of hydrogen-bond donors (Lipinski definition) is 0. The van der Waals surface area contributed by atoms with Crippen LogP contribution in [0.25, 0.3) is 0 Å². The number of benzene rings is 2. The molecule has 0 spiro atoms. The number of unbranched alkanes of at least 4 members (excludes halogenated alkanes) is 13. The Balaban J connectivity index is 0.000000702. The van der Waals surface area contributed by atoms with Gasteiger partial charge in [-0.1, -0.05) is 102 Å². The molecule has 0 aliphatic carbocycles. The van der Waals surface area contributed by atoms with Gasteiger partial charge in [0.2, 0.25) is 0 Å². The van der Waals surface area contributed by atoms with Crippen molar-refractivity contribution in [1.82, 2.24) is 0 Å². The second kappa shape index (κ2) is 22.7. The highest BCUT2D eigenvalue weighted by molar-refractivity contribution is 7.85. The number of nitrogens with zero attached hydrogens (tertiary/aromatic N) is 1. The van der Waals surface area contributed by atoms with Gasteiger partial charge in [0, 0.05) is 5.56 Å². The average molecular weight is 590 g/mol. The molecule has 41 heavy (non-hydrogen) atoms. The number of hydrogen-bond acceptors (Lipinski definition) is 4. The lowest BCUT2D eigenvalue weighted by Crippen LogP contribution is -2.47. The molecule has 0 radical (unpaired) electrons. The summed E-state index contributed by atoms with van der Waals surface area (Å²) in [4.78, 5) is -0.185. The normalized spacial score (nSPS) is 11.6. The second-order valence-electron chi connectivity index (χ2n) is 11.3. The highest BCUT2D eigenvalue weighted by atomic mass is 32.2. The monoisotopic (exact) mass is 589 g/mol. The largest absolute Gasteiger partial charge is 0.744 e. The molecule has 2 aromatic rings. The van der Waals surface area contributed by atoms with Gasteiger partial charge in [0.25, 0.3) is 0 Å². The molecule has 0 unspecified atom stereocenters. The van der Waals surface area contributed by atoms with Gasteiger partial charge >= 0.3 is 0 Å². The van der Waals surface area contributed by atoms with Crippen LogP contribution in [-0.4, -0.2) is 43.7 Å². The van der Waals surface area contributed by atoms with Gasteiger partial charge in [0.05, 0.1) is 31.1 Å².